The number of fused-ring (bicyclic) bond motifs is 1. The molecule has 1 aliphatic rings. The molecule has 0 unspecified atom stereocenters. The van der Waals surface area contributed by atoms with Gasteiger partial charge in [0, 0.05) is 35.6 Å². The monoisotopic (exact) mass is 419 g/mol. The molecular formula is C22H18ClN5O2. The number of para-hydroxylation sites is 1. The molecule has 1 aromatic carbocycles. The first-order valence-electron chi connectivity index (χ1n) is 9.72. The predicted octanol–water partition coefficient (Wildman–Crippen LogP) is 4.62. The number of rotatable bonds is 3. The summed E-state index contributed by atoms with van der Waals surface area (Å²) in [5.41, 5.74) is 2.78. The van der Waals surface area contributed by atoms with Crippen LogP contribution >= 0.6 is 11.6 Å². The van der Waals surface area contributed by atoms with E-state index in [2.05, 4.69) is 20.1 Å². The van der Waals surface area contributed by atoms with Crippen LogP contribution < -0.4 is 0 Å². The van der Waals surface area contributed by atoms with Crippen LogP contribution in [0.3, 0.4) is 0 Å². The Morgan fingerprint density at radius 1 is 1.20 bits per heavy atom. The molecule has 0 spiro atoms. The molecule has 1 fully saturated rings. The highest BCUT2D eigenvalue weighted by molar-refractivity contribution is 6.35. The summed E-state index contributed by atoms with van der Waals surface area (Å²) < 4.78 is 5.54. The summed E-state index contributed by atoms with van der Waals surface area (Å²) in [6.45, 7) is 2.49. The lowest BCUT2D eigenvalue weighted by molar-refractivity contribution is 0.0712. The number of likely N-dealkylation sites (tertiary alicyclic amines) is 1. The van der Waals surface area contributed by atoms with Crippen LogP contribution in [0.15, 0.2) is 53.3 Å². The van der Waals surface area contributed by atoms with Crippen molar-refractivity contribution in [3.05, 3.63) is 71.0 Å². The van der Waals surface area contributed by atoms with Gasteiger partial charge >= 0.3 is 0 Å². The van der Waals surface area contributed by atoms with Gasteiger partial charge < -0.3 is 9.42 Å². The number of hydrogen-bond donors (Lipinski definition) is 0. The fourth-order valence-electron chi connectivity index (χ4n) is 3.93. The van der Waals surface area contributed by atoms with Crippen LogP contribution in [0.1, 0.15) is 40.8 Å². The highest BCUT2D eigenvalue weighted by Gasteiger charge is 2.35. The lowest BCUT2D eigenvalue weighted by Gasteiger charge is -2.23. The Bertz CT molecular complexity index is 1240. The minimum absolute atomic E-state index is 0.0843. The van der Waals surface area contributed by atoms with Crippen LogP contribution in [0.4, 0.5) is 0 Å². The van der Waals surface area contributed by atoms with Gasteiger partial charge in [-0.25, -0.2) is 0 Å². The third-order valence-electron chi connectivity index (χ3n) is 5.33. The number of hydrogen-bond acceptors (Lipinski definition) is 6. The van der Waals surface area contributed by atoms with E-state index >= 15 is 0 Å². The zero-order valence-corrected chi connectivity index (χ0v) is 17.0. The Labute approximate surface area is 177 Å². The van der Waals surface area contributed by atoms with E-state index in [1.807, 2.05) is 37.3 Å². The predicted molar refractivity (Wildman–Crippen MR) is 112 cm³/mol. The van der Waals surface area contributed by atoms with E-state index in [0.29, 0.717) is 34.4 Å². The molecule has 0 radical (unpaired) electrons. The van der Waals surface area contributed by atoms with Crippen LogP contribution in [0, 0.1) is 6.92 Å². The van der Waals surface area contributed by atoms with Crippen molar-refractivity contribution in [3.63, 3.8) is 0 Å². The zero-order valence-electron chi connectivity index (χ0n) is 16.2. The summed E-state index contributed by atoms with van der Waals surface area (Å²) in [4.78, 5) is 28.4. The van der Waals surface area contributed by atoms with Gasteiger partial charge in [0.1, 0.15) is 6.04 Å². The van der Waals surface area contributed by atoms with Crippen LogP contribution in [-0.2, 0) is 0 Å². The first kappa shape index (κ1) is 18.7. The van der Waals surface area contributed by atoms with Crippen LogP contribution in [0.2, 0.25) is 5.02 Å². The van der Waals surface area contributed by atoms with Crippen molar-refractivity contribution in [2.45, 2.75) is 25.8 Å². The van der Waals surface area contributed by atoms with Gasteiger partial charge in [0.25, 0.3) is 5.91 Å². The Morgan fingerprint density at radius 2 is 2.03 bits per heavy atom. The van der Waals surface area contributed by atoms with E-state index in [4.69, 9.17) is 16.1 Å². The van der Waals surface area contributed by atoms with Gasteiger partial charge in [-0.1, -0.05) is 28.9 Å². The summed E-state index contributed by atoms with van der Waals surface area (Å²) in [5, 5.41) is 5.37. The first-order valence-corrected chi connectivity index (χ1v) is 10.1. The maximum Gasteiger partial charge on any atom is 0.255 e. The average molecular weight is 420 g/mol. The van der Waals surface area contributed by atoms with Crippen LogP contribution in [0.5, 0.6) is 0 Å². The highest BCUT2D eigenvalue weighted by atomic mass is 35.5. The minimum atomic E-state index is -0.261. The van der Waals surface area contributed by atoms with Gasteiger partial charge in [-0.3, -0.25) is 14.8 Å². The lowest BCUT2D eigenvalue weighted by Crippen LogP contribution is -2.31. The van der Waals surface area contributed by atoms with Crippen molar-refractivity contribution < 1.29 is 9.32 Å². The van der Waals surface area contributed by atoms with E-state index < -0.39 is 0 Å². The summed E-state index contributed by atoms with van der Waals surface area (Å²) in [5.74, 6) is 0.850. The van der Waals surface area contributed by atoms with Gasteiger partial charge in [0.2, 0.25) is 11.7 Å². The fourth-order valence-corrected chi connectivity index (χ4v) is 4.15. The Kier molecular flexibility index (Phi) is 4.67. The second kappa shape index (κ2) is 7.50. The van der Waals surface area contributed by atoms with E-state index in [9.17, 15) is 4.79 Å². The second-order valence-corrected chi connectivity index (χ2v) is 7.70. The van der Waals surface area contributed by atoms with E-state index in [1.54, 1.807) is 23.4 Å². The van der Waals surface area contributed by atoms with Gasteiger partial charge in [-0.05, 0) is 44.0 Å². The molecule has 0 saturated carbocycles. The number of amides is 1. The zero-order chi connectivity index (χ0) is 20.7. The van der Waals surface area contributed by atoms with Gasteiger partial charge in [-0.15, -0.1) is 0 Å². The molecule has 4 aromatic rings. The standard InChI is InChI=1S/C22H18ClN5O2/c1-13-12-16(15-4-2-5-17(23)19(15)25-13)22(29)28-11-3-6-18(28)21-26-20(27-30-21)14-7-9-24-10-8-14/h2,4-5,7-10,12,18H,3,6,11H2,1H3/t18-/m0/s1. The molecular weight excluding hydrogens is 402 g/mol. The highest BCUT2D eigenvalue weighted by Crippen LogP contribution is 2.35. The smallest absolute Gasteiger partial charge is 0.255 e. The molecule has 0 N–H and O–H groups in total. The van der Waals surface area contributed by atoms with Gasteiger partial charge in [-0.2, -0.15) is 4.98 Å². The van der Waals surface area contributed by atoms with Crippen LogP contribution in [-0.4, -0.2) is 37.5 Å². The normalized spacial score (nSPS) is 16.3. The second-order valence-electron chi connectivity index (χ2n) is 7.30. The molecule has 1 saturated heterocycles. The number of aryl methyl sites for hydroxylation is 1. The quantitative estimate of drug-likeness (QED) is 0.481. The number of aromatic nitrogens is 4. The topological polar surface area (TPSA) is 85.0 Å². The largest absolute Gasteiger partial charge is 0.337 e. The van der Waals surface area contributed by atoms with Crippen molar-refractivity contribution in [1.82, 2.24) is 25.0 Å². The number of nitrogens with zero attached hydrogens (tertiary/aromatic N) is 5. The average Bonchev–Trinajstić information content (AvgIpc) is 3.43. The molecule has 0 bridgehead atoms. The fraction of sp³-hybridized carbons (Fsp3) is 0.227. The van der Waals surface area contributed by atoms with Crippen LogP contribution in [0.25, 0.3) is 22.3 Å². The Hall–Kier alpha value is -3.32. The molecule has 1 atom stereocenters. The Balaban J connectivity index is 1.51. The lowest BCUT2D eigenvalue weighted by atomic mass is 10.1. The van der Waals surface area contributed by atoms with Crippen molar-refractivity contribution >= 4 is 28.4 Å². The summed E-state index contributed by atoms with van der Waals surface area (Å²) in [6, 6.07) is 10.7. The molecule has 5 rings (SSSR count). The molecule has 3 aromatic heterocycles. The number of benzene rings is 1. The number of pyridine rings is 2. The van der Waals surface area contributed by atoms with Crippen molar-refractivity contribution in [3.8, 4) is 11.4 Å². The van der Waals surface area contributed by atoms with Crippen molar-refractivity contribution in [2.75, 3.05) is 6.54 Å². The molecule has 4 heterocycles. The van der Waals surface area contributed by atoms with Crippen molar-refractivity contribution in [1.29, 1.82) is 0 Å². The molecule has 30 heavy (non-hydrogen) atoms. The van der Waals surface area contributed by atoms with Gasteiger partial charge in [0.05, 0.1) is 16.1 Å². The van der Waals surface area contributed by atoms with E-state index in [1.165, 1.54) is 0 Å². The van der Waals surface area contributed by atoms with E-state index in [-0.39, 0.29) is 11.9 Å². The van der Waals surface area contributed by atoms with Crippen molar-refractivity contribution in [2.24, 2.45) is 0 Å². The minimum Gasteiger partial charge on any atom is -0.337 e. The summed E-state index contributed by atoms with van der Waals surface area (Å²) in [7, 11) is 0. The molecule has 7 nitrogen and oxygen atoms in total. The third-order valence-corrected chi connectivity index (χ3v) is 5.63. The van der Waals surface area contributed by atoms with Gasteiger partial charge in [0.15, 0.2) is 0 Å². The molecule has 0 aliphatic carbocycles. The Morgan fingerprint density at radius 3 is 2.87 bits per heavy atom. The molecule has 150 valence electrons. The maximum absolute atomic E-state index is 13.5. The third kappa shape index (κ3) is 3.21. The summed E-state index contributed by atoms with van der Waals surface area (Å²) >= 11 is 6.33. The number of carbonyl (C=O) groups excluding carboxylic acids is 1. The first-order chi connectivity index (χ1) is 14.6. The summed E-state index contributed by atoms with van der Waals surface area (Å²) in [6.07, 6.45) is 5.00. The number of halogens is 1. The SMILES string of the molecule is Cc1cc(C(=O)N2CCC[C@H]2c2nc(-c3ccncc3)no2)c2cccc(Cl)c2n1. The van der Waals surface area contributed by atoms with E-state index in [0.717, 1.165) is 29.5 Å². The molecule has 1 aliphatic heterocycles. The number of carbonyl (C=O) groups is 1. The molecule has 8 heteroatoms. The molecule has 1 amide bonds. The maximum atomic E-state index is 13.5.